The van der Waals surface area contributed by atoms with E-state index in [2.05, 4.69) is 32.6 Å². The number of carboxylic acids is 1. The maximum atomic E-state index is 11.6. The third-order valence-corrected chi connectivity index (χ3v) is 4.33. The number of aliphatic carboxylic acids is 1. The van der Waals surface area contributed by atoms with Crippen molar-refractivity contribution in [3.63, 3.8) is 0 Å². The molecule has 0 spiro atoms. The summed E-state index contributed by atoms with van der Waals surface area (Å²) in [6.07, 6.45) is 3.79. The monoisotopic (exact) mass is 241 g/mol. The van der Waals surface area contributed by atoms with E-state index in [4.69, 9.17) is 0 Å². The molecule has 0 amide bonds. The van der Waals surface area contributed by atoms with Crippen molar-refractivity contribution in [2.45, 2.75) is 59.4 Å². The van der Waals surface area contributed by atoms with Crippen LogP contribution in [-0.2, 0) is 4.79 Å². The lowest BCUT2D eigenvalue weighted by Gasteiger charge is -2.40. The highest BCUT2D eigenvalue weighted by atomic mass is 16.4. The van der Waals surface area contributed by atoms with Crippen LogP contribution in [0.15, 0.2) is 0 Å². The molecular formula is C14H27NO2. The van der Waals surface area contributed by atoms with Crippen LogP contribution in [0.1, 0.15) is 53.4 Å². The molecule has 0 heterocycles. The zero-order chi connectivity index (χ0) is 13.1. The zero-order valence-corrected chi connectivity index (χ0v) is 11.7. The molecular weight excluding hydrogens is 214 g/mol. The molecule has 1 aliphatic rings. The maximum absolute atomic E-state index is 11.6. The van der Waals surface area contributed by atoms with Gasteiger partial charge < -0.3 is 10.0 Å². The molecule has 1 aliphatic carbocycles. The molecule has 100 valence electrons. The highest BCUT2D eigenvalue weighted by Gasteiger charge is 2.42. The van der Waals surface area contributed by atoms with E-state index in [-0.39, 0.29) is 0 Å². The normalized spacial score (nSPS) is 29.9. The van der Waals surface area contributed by atoms with Crippen molar-refractivity contribution >= 4 is 5.97 Å². The second-order valence-corrected chi connectivity index (χ2v) is 5.92. The van der Waals surface area contributed by atoms with Crippen molar-refractivity contribution in [1.29, 1.82) is 0 Å². The van der Waals surface area contributed by atoms with E-state index in [1.54, 1.807) is 0 Å². The highest BCUT2D eigenvalue weighted by molar-refractivity contribution is 5.75. The summed E-state index contributed by atoms with van der Waals surface area (Å²) >= 11 is 0. The Morgan fingerprint density at radius 1 is 1.41 bits per heavy atom. The van der Waals surface area contributed by atoms with Crippen LogP contribution in [0.3, 0.4) is 0 Å². The van der Waals surface area contributed by atoms with Crippen molar-refractivity contribution in [3.05, 3.63) is 0 Å². The molecule has 0 aliphatic heterocycles. The van der Waals surface area contributed by atoms with Crippen LogP contribution in [0.25, 0.3) is 0 Å². The average Bonchev–Trinajstić information content (AvgIpc) is 2.28. The van der Waals surface area contributed by atoms with Crippen LogP contribution >= 0.6 is 0 Å². The first kappa shape index (κ1) is 14.5. The predicted molar refractivity (Wildman–Crippen MR) is 70.1 cm³/mol. The van der Waals surface area contributed by atoms with Gasteiger partial charge in [0.15, 0.2) is 0 Å². The number of hydrogen-bond acceptors (Lipinski definition) is 2. The Hall–Kier alpha value is -0.570. The molecule has 0 radical (unpaired) electrons. The van der Waals surface area contributed by atoms with Gasteiger partial charge in [0.25, 0.3) is 0 Å². The summed E-state index contributed by atoms with van der Waals surface area (Å²) in [4.78, 5) is 13.9. The fourth-order valence-corrected chi connectivity index (χ4v) is 2.80. The molecule has 0 aromatic heterocycles. The van der Waals surface area contributed by atoms with Crippen LogP contribution in [0.5, 0.6) is 0 Å². The Morgan fingerprint density at radius 3 is 2.29 bits per heavy atom. The first-order valence-electron chi connectivity index (χ1n) is 6.88. The standard InChI is InChI=1S/C14H27NO2/c1-5-15(11(2)3)10-14(13(16)17)8-6-12(4)7-9-14/h11-12H,5-10H2,1-4H3,(H,16,17). The quantitative estimate of drug-likeness (QED) is 0.804. The number of rotatable bonds is 5. The number of carboxylic acid groups (broad SMARTS) is 1. The number of nitrogens with zero attached hydrogens (tertiary/aromatic N) is 1. The topological polar surface area (TPSA) is 40.5 Å². The van der Waals surface area contributed by atoms with E-state index in [1.165, 1.54) is 0 Å². The highest BCUT2D eigenvalue weighted by Crippen LogP contribution is 2.40. The lowest BCUT2D eigenvalue weighted by Crippen LogP contribution is -2.47. The summed E-state index contributed by atoms with van der Waals surface area (Å²) in [6, 6.07) is 0.426. The molecule has 0 atom stereocenters. The molecule has 1 saturated carbocycles. The minimum Gasteiger partial charge on any atom is -0.481 e. The van der Waals surface area contributed by atoms with Crippen LogP contribution in [0, 0.1) is 11.3 Å². The van der Waals surface area contributed by atoms with E-state index in [1.807, 2.05) is 0 Å². The summed E-state index contributed by atoms with van der Waals surface area (Å²) in [5.41, 5.74) is -0.493. The minimum atomic E-state index is -0.594. The van der Waals surface area contributed by atoms with Gasteiger partial charge in [0.2, 0.25) is 0 Å². The molecule has 3 nitrogen and oxygen atoms in total. The summed E-state index contributed by atoms with van der Waals surface area (Å²) in [6.45, 7) is 10.3. The summed E-state index contributed by atoms with van der Waals surface area (Å²) in [7, 11) is 0. The largest absolute Gasteiger partial charge is 0.481 e. The molecule has 3 heteroatoms. The smallest absolute Gasteiger partial charge is 0.310 e. The minimum absolute atomic E-state index is 0.426. The average molecular weight is 241 g/mol. The second kappa shape index (κ2) is 5.85. The van der Waals surface area contributed by atoms with Gasteiger partial charge in [-0.25, -0.2) is 0 Å². The summed E-state index contributed by atoms with van der Waals surface area (Å²) in [5.74, 6) is 0.0973. The Bertz CT molecular complexity index is 255. The van der Waals surface area contributed by atoms with Crippen LogP contribution in [0.4, 0.5) is 0 Å². The van der Waals surface area contributed by atoms with Crippen molar-refractivity contribution < 1.29 is 9.90 Å². The van der Waals surface area contributed by atoms with Gasteiger partial charge in [-0.1, -0.05) is 13.8 Å². The van der Waals surface area contributed by atoms with E-state index in [0.29, 0.717) is 18.5 Å². The van der Waals surface area contributed by atoms with Gasteiger partial charge in [-0.15, -0.1) is 0 Å². The number of hydrogen-bond donors (Lipinski definition) is 1. The first-order valence-corrected chi connectivity index (χ1v) is 6.88. The molecule has 1 rings (SSSR count). The Morgan fingerprint density at radius 2 is 1.94 bits per heavy atom. The molecule has 0 bridgehead atoms. The summed E-state index contributed by atoms with van der Waals surface area (Å²) < 4.78 is 0. The molecule has 0 saturated heterocycles. The lowest BCUT2D eigenvalue weighted by molar-refractivity contribution is -0.153. The van der Waals surface area contributed by atoms with Crippen molar-refractivity contribution in [2.75, 3.05) is 13.1 Å². The lowest BCUT2D eigenvalue weighted by atomic mass is 9.70. The van der Waals surface area contributed by atoms with Crippen LogP contribution in [-0.4, -0.2) is 35.1 Å². The van der Waals surface area contributed by atoms with Gasteiger partial charge in [0, 0.05) is 12.6 Å². The van der Waals surface area contributed by atoms with E-state index in [0.717, 1.165) is 32.2 Å². The van der Waals surface area contributed by atoms with Crippen LogP contribution < -0.4 is 0 Å². The fraction of sp³-hybridized carbons (Fsp3) is 0.929. The van der Waals surface area contributed by atoms with Gasteiger partial charge >= 0.3 is 5.97 Å². The predicted octanol–water partition coefficient (Wildman–Crippen LogP) is 3.00. The van der Waals surface area contributed by atoms with Crippen molar-refractivity contribution in [2.24, 2.45) is 11.3 Å². The molecule has 0 unspecified atom stereocenters. The Balaban J connectivity index is 2.75. The molecule has 1 fully saturated rings. The molecule has 17 heavy (non-hydrogen) atoms. The van der Waals surface area contributed by atoms with E-state index < -0.39 is 11.4 Å². The van der Waals surface area contributed by atoms with Gasteiger partial charge in [0.1, 0.15) is 0 Å². The van der Waals surface area contributed by atoms with Crippen LogP contribution in [0.2, 0.25) is 0 Å². The maximum Gasteiger partial charge on any atom is 0.310 e. The van der Waals surface area contributed by atoms with Gasteiger partial charge in [-0.2, -0.15) is 0 Å². The van der Waals surface area contributed by atoms with Gasteiger partial charge in [-0.3, -0.25) is 4.79 Å². The van der Waals surface area contributed by atoms with E-state index >= 15 is 0 Å². The zero-order valence-electron chi connectivity index (χ0n) is 11.7. The third-order valence-electron chi connectivity index (χ3n) is 4.33. The van der Waals surface area contributed by atoms with Crippen molar-refractivity contribution in [3.8, 4) is 0 Å². The third kappa shape index (κ3) is 3.44. The van der Waals surface area contributed by atoms with Gasteiger partial charge in [0.05, 0.1) is 5.41 Å². The molecule has 0 aromatic carbocycles. The molecule has 1 N–H and O–H groups in total. The summed E-state index contributed by atoms with van der Waals surface area (Å²) in [5, 5.41) is 9.57. The Labute approximate surface area is 105 Å². The SMILES string of the molecule is CCN(CC1(C(=O)O)CCC(C)CC1)C(C)C. The Kier molecular flexibility index (Phi) is 4.99. The van der Waals surface area contributed by atoms with Crippen molar-refractivity contribution in [1.82, 2.24) is 4.90 Å². The van der Waals surface area contributed by atoms with Gasteiger partial charge in [-0.05, 0) is 52.0 Å². The number of carbonyl (C=O) groups is 1. The van der Waals surface area contributed by atoms with E-state index in [9.17, 15) is 9.90 Å². The fourth-order valence-electron chi connectivity index (χ4n) is 2.80. The second-order valence-electron chi connectivity index (χ2n) is 5.92. The first-order chi connectivity index (χ1) is 7.91. The molecule has 0 aromatic rings.